The Hall–Kier alpha value is -1.77. The van der Waals surface area contributed by atoms with Gasteiger partial charge in [0.05, 0.1) is 5.56 Å². The molecule has 3 rings (SSSR count). The Labute approximate surface area is 167 Å². The fraction of sp³-hybridized carbons (Fsp3) is 0.520. The van der Waals surface area contributed by atoms with Crippen molar-refractivity contribution in [2.24, 2.45) is 11.8 Å². The van der Waals surface area contributed by atoms with Crippen molar-refractivity contribution in [3.05, 3.63) is 59.4 Å². The molecule has 0 spiro atoms. The van der Waals surface area contributed by atoms with Crippen molar-refractivity contribution in [3.8, 4) is 11.1 Å². The summed E-state index contributed by atoms with van der Waals surface area (Å²) in [5.41, 5.74) is 0.791. The van der Waals surface area contributed by atoms with Gasteiger partial charge in [0.15, 0.2) is 0 Å². The molecule has 1 saturated carbocycles. The van der Waals surface area contributed by atoms with Crippen molar-refractivity contribution in [1.29, 1.82) is 0 Å². The van der Waals surface area contributed by atoms with Gasteiger partial charge in [-0.2, -0.15) is 0 Å². The van der Waals surface area contributed by atoms with Gasteiger partial charge in [-0.25, -0.2) is 13.2 Å². The summed E-state index contributed by atoms with van der Waals surface area (Å²) in [5, 5.41) is 0. The molecule has 28 heavy (non-hydrogen) atoms. The van der Waals surface area contributed by atoms with Crippen LogP contribution in [-0.2, 0) is 6.42 Å². The smallest absolute Gasteiger partial charge is 0.134 e. The molecule has 1 fully saturated rings. The van der Waals surface area contributed by atoms with Crippen LogP contribution in [0.5, 0.6) is 0 Å². The summed E-state index contributed by atoms with van der Waals surface area (Å²) in [6, 6.07) is 8.27. The second-order valence-corrected chi connectivity index (χ2v) is 8.37. The van der Waals surface area contributed by atoms with Gasteiger partial charge in [-0.1, -0.05) is 70.4 Å². The highest BCUT2D eigenvalue weighted by Gasteiger charge is 2.21. The molecule has 0 N–H and O–H groups in total. The molecule has 0 atom stereocenters. The minimum atomic E-state index is -0.611. The van der Waals surface area contributed by atoms with Crippen molar-refractivity contribution in [1.82, 2.24) is 0 Å². The molecule has 0 heterocycles. The number of aryl methyl sites for hydroxylation is 1. The number of rotatable bonds is 8. The van der Waals surface area contributed by atoms with Crippen LogP contribution < -0.4 is 0 Å². The van der Waals surface area contributed by atoms with E-state index < -0.39 is 17.5 Å². The summed E-state index contributed by atoms with van der Waals surface area (Å²) >= 11 is 0. The van der Waals surface area contributed by atoms with Crippen molar-refractivity contribution < 1.29 is 13.2 Å². The molecule has 0 unspecified atom stereocenters. The second kappa shape index (κ2) is 10.1. The maximum Gasteiger partial charge on any atom is 0.134 e. The third kappa shape index (κ3) is 5.62. The molecule has 2 aromatic carbocycles. The van der Waals surface area contributed by atoms with Crippen molar-refractivity contribution in [3.63, 3.8) is 0 Å². The first-order valence-corrected chi connectivity index (χ1v) is 10.8. The van der Waals surface area contributed by atoms with E-state index in [1.807, 2.05) is 0 Å². The standard InChI is InChI=1S/C25H31F3/c1-2-3-4-6-18-9-11-19(12-10-18)13-14-20-15-23(27)25(24(28)16-20)21-7-5-8-22(26)17-21/h5,7-8,15-19H,2-4,6,9-14H2,1H3. The number of hydrogen-bond donors (Lipinski definition) is 0. The van der Waals surface area contributed by atoms with E-state index in [0.717, 1.165) is 12.3 Å². The molecule has 1 aliphatic rings. The van der Waals surface area contributed by atoms with Crippen LogP contribution in [0.4, 0.5) is 13.2 Å². The maximum atomic E-state index is 14.5. The summed E-state index contributed by atoms with van der Waals surface area (Å²) in [5.74, 6) is -0.175. The van der Waals surface area contributed by atoms with E-state index in [4.69, 9.17) is 0 Å². The van der Waals surface area contributed by atoms with Gasteiger partial charge in [0, 0.05) is 0 Å². The Balaban J connectivity index is 1.55. The first-order chi connectivity index (χ1) is 13.6. The summed E-state index contributed by atoms with van der Waals surface area (Å²) in [6.07, 6.45) is 12.1. The van der Waals surface area contributed by atoms with E-state index in [9.17, 15) is 13.2 Å². The minimum absolute atomic E-state index is 0.143. The van der Waals surface area contributed by atoms with Gasteiger partial charge >= 0.3 is 0 Å². The summed E-state index contributed by atoms with van der Waals surface area (Å²) < 4.78 is 42.5. The maximum absolute atomic E-state index is 14.5. The fourth-order valence-electron chi connectivity index (χ4n) is 4.55. The highest BCUT2D eigenvalue weighted by atomic mass is 19.1. The molecule has 152 valence electrons. The van der Waals surface area contributed by atoms with Gasteiger partial charge < -0.3 is 0 Å². The van der Waals surface area contributed by atoms with Crippen LogP contribution in [-0.4, -0.2) is 0 Å². The van der Waals surface area contributed by atoms with Gasteiger partial charge in [0.25, 0.3) is 0 Å². The van der Waals surface area contributed by atoms with Crippen LogP contribution in [0.3, 0.4) is 0 Å². The zero-order valence-corrected chi connectivity index (χ0v) is 16.8. The zero-order valence-electron chi connectivity index (χ0n) is 16.8. The molecule has 0 aromatic heterocycles. The highest BCUT2D eigenvalue weighted by Crippen LogP contribution is 2.35. The quantitative estimate of drug-likeness (QED) is 0.401. The van der Waals surface area contributed by atoms with Gasteiger partial charge in [-0.3, -0.25) is 0 Å². The molecule has 0 radical (unpaired) electrons. The molecule has 2 aromatic rings. The molecule has 0 amide bonds. The Bertz CT molecular complexity index is 737. The molecule has 0 nitrogen and oxygen atoms in total. The van der Waals surface area contributed by atoms with Crippen molar-refractivity contribution in [2.45, 2.75) is 71.1 Å². The average Bonchev–Trinajstić information content (AvgIpc) is 2.67. The Morgan fingerprint density at radius 3 is 2.07 bits per heavy atom. The highest BCUT2D eigenvalue weighted by molar-refractivity contribution is 5.65. The van der Waals surface area contributed by atoms with Gasteiger partial charge in [-0.05, 0) is 60.1 Å². The summed E-state index contributed by atoms with van der Waals surface area (Å²) in [7, 11) is 0. The molecule has 1 aliphatic carbocycles. The van der Waals surface area contributed by atoms with Gasteiger partial charge in [0.1, 0.15) is 17.5 Å². The predicted molar refractivity (Wildman–Crippen MR) is 110 cm³/mol. The van der Waals surface area contributed by atoms with Crippen LogP contribution in [0, 0.1) is 29.3 Å². The van der Waals surface area contributed by atoms with E-state index >= 15 is 0 Å². The predicted octanol–water partition coefficient (Wildman–Crippen LogP) is 8.09. The second-order valence-electron chi connectivity index (χ2n) is 8.37. The van der Waals surface area contributed by atoms with Crippen LogP contribution in [0.25, 0.3) is 11.1 Å². The van der Waals surface area contributed by atoms with Gasteiger partial charge in [-0.15, -0.1) is 0 Å². The Kier molecular flexibility index (Phi) is 7.58. The van der Waals surface area contributed by atoms with E-state index in [0.29, 0.717) is 17.9 Å². The Morgan fingerprint density at radius 1 is 0.821 bits per heavy atom. The number of halogens is 3. The van der Waals surface area contributed by atoms with Crippen LogP contribution in [0.1, 0.15) is 70.3 Å². The lowest BCUT2D eigenvalue weighted by Gasteiger charge is -2.28. The van der Waals surface area contributed by atoms with E-state index in [2.05, 4.69) is 6.92 Å². The summed E-state index contributed by atoms with van der Waals surface area (Å²) in [4.78, 5) is 0. The molecule has 0 aliphatic heterocycles. The number of benzene rings is 2. The molecule has 3 heteroatoms. The average molecular weight is 389 g/mol. The molecule has 0 bridgehead atoms. The summed E-state index contributed by atoms with van der Waals surface area (Å²) in [6.45, 7) is 2.24. The van der Waals surface area contributed by atoms with Crippen molar-refractivity contribution in [2.75, 3.05) is 0 Å². The first-order valence-electron chi connectivity index (χ1n) is 10.8. The van der Waals surface area contributed by atoms with E-state index in [-0.39, 0.29) is 11.1 Å². The SMILES string of the molecule is CCCCCC1CCC(CCc2cc(F)c(-c3cccc(F)c3)c(F)c2)CC1. The normalized spacial score (nSPS) is 19.7. The largest absolute Gasteiger partial charge is 0.207 e. The minimum Gasteiger partial charge on any atom is -0.207 e. The fourth-order valence-corrected chi connectivity index (χ4v) is 4.55. The molecular weight excluding hydrogens is 357 g/mol. The number of hydrogen-bond acceptors (Lipinski definition) is 0. The van der Waals surface area contributed by atoms with Crippen molar-refractivity contribution >= 4 is 0 Å². The number of unbranched alkanes of at least 4 members (excludes halogenated alkanes) is 2. The monoisotopic (exact) mass is 388 g/mol. The van der Waals surface area contributed by atoms with E-state index in [1.165, 1.54) is 87.8 Å². The lowest BCUT2D eigenvalue weighted by Crippen LogP contribution is -2.15. The first kappa shape index (κ1) is 21.0. The lowest BCUT2D eigenvalue weighted by atomic mass is 9.77. The zero-order chi connectivity index (χ0) is 19.9. The van der Waals surface area contributed by atoms with Crippen LogP contribution >= 0.6 is 0 Å². The Morgan fingerprint density at radius 2 is 1.46 bits per heavy atom. The van der Waals surface area contributed by atoms with Gasteiger partial charge in [0.2, 0.25) is 0 Å². The van der Waals surface area contributed by atoms with E-state index in [1.54, 1.807) is 0 Å². The molecular formula is C25H31F3. The third-order valence-electron chi connectivity index (χ3n) is 6.24. The molecule has 0 saturated heterocycles. The third-order valence-corrected chi connectivity index (χ3v) is 6.24. The van der Waals surface area contributed by atoms with Crippen LogP contribution in [0.15, 0.2) is 36.4 Å². The lowest BCUT2D eigenvalue weighted by molar-refractivity contribution is 0.249. The van der Waals surface area contributed by atoms with Crippen LogP contribution in [0.2, 0.25) is 0 Å². The topological polar surface area (TPSA) is 0 Å².